The van der Waals surface area contributed by atoms with Gasteiger partial charge in [-0.25, -0.2) is 9.59 Å². The van der Waals surface area contributed by atoms with Crippen molar-refractivity contribution in [3.63, 3.8) is 0 Å². The summed E-state index contributed by atoms with van der Waals surface area (Å²) in [5, 5.41) is 14.1. The van der Waals surface area contributed by atoms with Crippen LogP contribution >= 0.6 is 0 Å². The molecule has 0 saturated heterocycles. The summed E-state index contributed by atoms with van der Waals surface area (Å²) in [7, 11) is 1.46. The van der Waals surface area contributed by atoms with Crippen LogP contribution in [0.3, 0.4) is 0 Å². The molecule has 1 unspecified atom stereocenters. The number of methoxy groups -OCH3 is 1. The highest BCUT2D eigenvalue weighted by atomic mass is 16.7. The topological polar surface area (TPSA) is 126 Å². The second kappa shape index (κ2) is 8.09. The molecule has 2 aliphatic rings. The van der Waals surface area contributed by atoms with E-state index in [0.717, 1.165) is 0 Å². The average Bonchev–Trinajstić information content (AvgIpc) is 3.03. The molecule has 0 saturated carbocycles. The molecule has 0 amide bonds. The van der Waals surface area contributed by atoms with E-state index in [-0.39, 0.29) is 36.8 Å². The molecule has 10 heteroatoms. The summed E-state index contributed by atoms with van der Waals surface area (Å²) in [4.78, 5) is 35.0. The number of cyclic esters (lactones) is 1. The molecular formula is C18H18N2O8. The fourth-order valence-electron chi connectivity index (χ4n) is 3.05. The fraction of sp³-hybridized carbons (Fsp3) is 0.333. The number of nitro groups is 1. The second-order valence-electron chi connectivity index (χ2n) is 6.06. The van der Waals surface area contributed by atoms with Crippen LogP contribution in [0.25, 0.3) is 0 Å². The number of esters is 1. The molecule has 2 aliphatic heterocycles. The summed E-state index contributed by atoms with van der Waals surface area (Å²) in [5.74, 6) is -1.32. The Kier molecular flexibility index (Phi) is 5.59. The SMILES string of the molecule is COCCOC(=O)OC1=C(C)NC2=C(C(=O)OC2)C1c1cccc([N+](=O)[O-])c1. The van der Waals surface area contributed by atoms with Gasteiger partial charge in [-0.1, -0.05) is 12.1 Å². The van der Waals surface area contributed by atoms with Crippen LogP contribution in [0.2, 0.25) is 0 Å². The molecule has 1 atom stereocenters. The maximum absolute atomic E-state index is 12.3. The van der Waals surface area contributed by atoms with E-state index in [1.54, 1.807) is 13.0 Å². The van der Waals surface area contributed by atoms with Gasteiger partial charge in [0.25, 0.3) is 5.69 Å². The monoisotopic (exact) mass is 390 g/mol. The number of allylic oxidation sites excluding steroid dienone is 2. The molecule has 0 bridgehead atoms. The number of carbonyl (C=O) groups is 2. The zero-order valence-corrected chi connectivity index (χ0v) is 15.2. The van der Waals surface area contributed by atoms with Crippen LogP contribution in [-0.2, 0) is 23.7 Å². The van der Waals surface area contributed by atoms with Crippen molar-refractivity contribution in [2.24, 2.45) is 0 Å². The normalized spacial score (nSPS) is 18.4. The first-order valence-corrected chi connectivity index (χ1v) is 8.38. The van der Waals surface area contributed by atoms with E-state index < -0.39 is 23.0 Å². The number of carbonyl (C=O) groups excluding carboxylic acids is 2. The van der Waals surface area contributed by atoms with Gasteiger partial charge >= 0.3 is 12.1 Å². The van der Waals surface area contributed by atoms with Crippen molar-refractivity contribution in [2.75, 3.05) is 26.9 Å². The van der Waals surface area contributed by atoms with E-state index in [9.17, 15) is 19.7 Å². The van der Waals surface area contributed by atoms with Gasteiger partial charge in [-0.2, -0.15) is 0 Å². The third-order valence-electron chi connectivity index (χ3n) is 4.27. The quantitative estimate of drug-likeness (QED) is 0.336. The van der Waals surface area contributed by atoms with Crippen molar-refractivity contribution in [1.82, 2.24) is 5.32 Å². The molecule has 1 aromatic carbocycles. The van der Waals surface area contributed by atoms with E-state index in [1.165, 1.54) is 25.3 Å². The lowest BCUT2D eigenvalue weighted by atomic mass is 9.85. The smallest absolute Gasteiger partial charge is 0.456 e. The zero-order chi connectivity index (χ0) is 20.3. The Morgan fingerprint density at radius 1 is 1.39 bits per heavy atom. The number of ether oxygens (including phenoxy) is 4. The molecule has 1 aromatic rings. The summed E-state index contributed by atoms with van der Waals surface area (Å²) in [6.45, 7) is 1.89. The first-order valence-electron chi connectivity index (χ1n) is 8.38. The first kappa shape index (κ1) is 19.4. The fourth-order valence-corrected chi connectivity index (χ4v) is 3.05. The molecule has 0 aromatic heterocycles. The van der Waals surface area contributed by atoms with E-state index in [2.05, 4.69) is 5.32 Å². The molecule has 28 heavy (non-hydrogen) atoms. The second-order valence-corrected chi connectivity index (χ2v) is 6.06. The Hall–Kier alpha value is -3.40. The highest BCUT2D eigenvalue weighted by Gasteiger charge is 2.41. The Morgan fingerprint density at radius 2 is 2.18 bits per heavy atom. The van der Waals surface area contributed by atoms with Gasteiger partial charge < -0.3 is 24.3 Å². The largest absolute Gasteiger partial charge is 0.513 e. The van der Waals surface area contributed by atoms with E-state index in [1.807, 2.05) is 0 Å². The van der Waals surface area contributed by atoms with Gasteiger partial charge in [0.15, 0.2) is 0 Å². The molecule has 3 rings (SSSR count). The van der Waals surface area contributed by atoms with Gasteiger partial charge in [0.05, 0.1) is 34.4 Å². The Balaban J connectivity index is 1.98. The number of hydrogen-bond donors (Lipinski definition) is 1. The minimum atomic E-state index is -0.973. The predicted molar refractivity (Wildman–Crippen MR) is 94.0 cm³/mol. The Labute approximate surface area is 159 Å². The number of non-ortho nitro benzene ring substituents is 1. The lowest BCUT2D eigenvalue weighted by molar-refractivity contribution is -0.384. The first-order chi connectivity index (χ1) is 13.4. The summed E-state index contributed by atoms with van der Waals surface area (Å²) >= 11 is 0. The third-order valence-corrected chi connectivity index (χ3v) is 4.27. The lowest BCUT2D eigenvalue weighted by Crippen LogP contribution is -2.28. The number of dihydropyridines is 1. The van der Waals surface area contributed by atoms with Gasteiger partial charge in [-0.15, -0.1) is 0 Å². The molecule has 0 fully saturated rings. The number of nitrogens with zero attached hydrogens (tertiary/aromatic N) is 1. The van der Waals surface area contributed by atoms with Gasteiger partial charge in [-0.3, -0.25) is 10.1 Å². The van der Waals surface area contributed by atoms with E-state index >= 15 is 0 Å². The van der Waals surface area contributed by atoms with Crippen molar-refractivity contribution in [3.05, 3.63) is 62.7 Å². The predicted octanol–water partition coefficient (Wildman–Crippen LogP) is 2.12. The average molecular weight is 390 g/mol. The van der Waals surface area contributed by atoms with Crippen LogP contribution in [-0.4, -0.2) is 44.0 Å². The van der Waals surface area contributed by atoms with Crippen molar-refractivity contribution in [3.8, 4) is 0 Å². The molecule has 10 nitrogen and oxygen atoms in total. The third kappa shape index (κ3) is 3.81. The van der Waals surface area contributed by atoms with Gasteiger partial charge in [0.1, 0.15) is 19.0 Å². The standard InChI is InChI=1S/C18H18N2O8/c1-10-16(28-18(22)26-7-6-25-2)14(15-13(19-10)9-27-17(15)21)11-4-3-5-12(8-11)20(23)24/h3-5,8,14,19H,6-7,9H2,1-2H3. The summed E-state index contributed by atoms with van der Waals surface area (Å²) in [5.41, 5.74) is 1.51. The molecule has 0 aliphatic carbocycles. The highest BCUT2D eigenvalue weighted by Crippen LogP contribution is 2.42. The van der Waals surface area contributed by atoms with Crippen LogP contribution in [0.5, 0.6) is 0 Å². The Bertz CT molecular complexity index is 889. The maximum Gasteiger partial charge on any atom is 0.513 e. The number of rotatable bonds is 6. The van der Waals surface area contributed by atoms with E-state index in [0.29, 0.717) is 17.0 Å². The number of hydrogen-bond acceptors (Lipinski definition) is 9. The van der Waals surface area contributed by atoms with Gasteiger partial charge in [-0.05, 0) is 12.5 Å². The van der Waals surface area contributed by atoms with Crippen LogP contribution in [0.15, 0.2) is 47.0 Å². The van der Waals surface area contributed by atoms with Crippen LogP contribution in [0.1, 0.15) is 18.4 Å². The zero-order valence-electron chi connectivity index (χ0n) is 15.2. The van der Waals surface area contributed by atoms with Crippen LogP contribution in [0.4, 0.5) is 10.5 Å². The van der Waals surface area contributed by atoms with Crippen molar-refractivity contribution in [1.29, 1.82) is 0 Å². The molecule has 148 valence electrons. The van der Waals surface area contributed by atoms with Gasteiger partial charge in [0.2, 0.25) is 0 Å². The number of nitrogens with one attached hydrogen (secondary N) is 1. The summed E-state index contributed by atoms with van der Waals surface area (Å²) in [6.07, 6.45) is -0.973. The number of nitro benzene ring substituents is 1. The van der Waals surface area contributed by atoms with Crippen LogP contribution < -0.4 is 5.32 Å². The lowest BCUT2D eigenvalue weighted by Gasteiger charge is -2.27. The van der Waals surface area contributed by atoms with Crippen LogP contribution in [0, 0.1) is 10.1 Å². The summed E-state index contributed by atoms with van der Waals surface area (Å²) < 4.78 is 20.2. The summed E-state index contributed by atoms with van der Waals surface area (Å²) in [6, 6.07) is 5.79. The molecule has 1 N–H and O–H groups in total. The molecule has 2 heterocycles. The minimum Gasteiger partial charge on any atom is -0.456 e. The molecule has 0 radical (unpaired) electrons. The highest BCUT2D eigenvalue weighted by molar-refractivity contribution is 5.95. The number of benzene rings is 1. The Morgan fingerprint density at radius 3 is 2.89 bits per heavy atom. The van der Waals surface area contributed by atoms with Crippen molar-refractivity contribution < 1.29 is 33.5 Å². The van der Waals surface area contributed by atoms with E-state index in [4.69, 9.17) is 18.9 Å². The molecule has 0 spiro atoms. The van der Waals surface area contributed by atoms with Gasteiger partial charge in [0, 0.05) is 19.2 Å². The van der Waals surface area contributed by atoms with Crippen molar-refractivity contribution in [2.45, 2.75) is 12.8 Å². The molecular weight excluding hydrogens is 372 g/mol. The minimum absolute atomic E-state index is 0.00739. The van der Waals surface area contributed by atoms with Crippen molar-refractivity contribution >= 4 is 17.8 Å². The maximum atomic E-state index is 12.3.